The maximum absolute atomic E-state index is 4.20. The summed E-state index contributed by atoms with van der Waals surface area (Å²) in [5, 5.41) is 16.4. The van der Waals surface area contributed by atoms with Gasteiger partial charge in [-0.25, -0.2) is 4.98 Å². The third-order valence-corrected chi connectivity index (χ3v) is 1.89. The molecule has 0 saturated carbocycles. The summed E-state index contributed by atoms with van der Waals surface area (Å²) in [6.45, 7) is 3.57. The van der Waals surface area contributed by atoms with Crippen LogP contribution in [0.1, 0.15) is 12.7 Å². The van der Waals surface area contributed by atoms with Crippen LogP contribution in [-0.4, -0.2) is 30.2 Å². The summed E-state index contributed by atoms with van der Waals surface area (Å²) in [5.41, 5.74) is 0. The van der Waals surface area contributed by atoms with E-state index in [2.05, 4.69) is 37.8 Å². The Morgan fingerprint density at radius 3 is 3.21 bits per heavy atom. The molecule has 7 heteroatoms. The summed E-state index contributed by atoms with van der Waals surface area (Å²) in [6.07, 6.45) is 3.71. The molecule has 0 radical (unpaired) electrons. The predicted octanol–water partition coefficient (Wildman–Crippen LogP) is 0.0282. The highest BCUT2D eigenvalue weighted by Gasteiger charge is 2.02. The minimum absolute atomic E-state index is 0.482. The molecule has 7 nitrogen and oxygen atoms in total. The van der Waals surface area contributed by atoms with Crippen LogP contribution in [0.15, 0.2) is 12.4 Å². The molecule has 74 valence electrons. The molecule has 0 amide bonds. The van der Waals surface area contributed by atoms with Gasteiger partial charge in [0.05, 0.1) is 6.54 Å². The summed E-state index contributed by atoms with van der Waals surface area (Å²) in [6, 6.07) is 0. The normalized spacial score (nSPS) is 10.4. The van der Waals surface area contributed by atoms with Crippen molar-refractivity contribution in [1.29, 1.82) is 0 Å². The van der Waals surface area contributed by atoms with Crippen molar-refractivity contribution in [2.75, 3.05) is 5.32 Å². The molecule has 0 spiro atoms. The van der Waals surface area contributed by atoms with Gasteiger partial charge in [0.15, 0.2) is 0 Å². The van der Waals surface area contributed by atoms with Gasteiger partial charge in [0.25, 0.3) is 5.95 Å². The number of hydrogen-bond donors (Lipinski definition) is 2. The number of H-pyrrole nitrogens is 1. The van der Waals surface area contributed by atoms with Crippen molar-refractivity contribution in [3.05, 3.63) is 18.2 Å². The van der Waals surface area contributed by atoms with E-state index in [0.29, 0.717) is 12.5 Å². The number of nitrogens with zero attached hydrogens (tertiary/aromatic N) is 5. The molecule has 0 aliphatic heterocycles. The lowest BCUT2D eigenvalue weighted by Gasteiger charge is -2.03. The molecule has 2 aromatic heterocycles. The largest absolute Gasteiger partial charge is 0.344 e. The lowest BCUT2D eigenvalue weighted by Crippen LogP contribution is -2.08. The van der Waals surface area contributed by atoms with Crippen LogP contribution in [-0.2, 0) is 13.1 Å². The van der Waals surface area contributed by atoms with Crippen LogP contribution < -0.4 is 5.32 Å². The molecular weight excluding hydrogens is 182 g/mol. The van der Waals surface area contributed by atoms with Crippen molar-refractivity contribution in [3.63, 3.8) is 0 Å². The maximum atomic E-state index is 4.20. The zero-order chi connectivity index (χ0) is 9.80. The lowest BCUT2D eigenvalue weighted by molar-refractivity contribution is 0.706. The fourth-order valence-corrected chi connectivity index (χ4v) is 1.19. The lowest BCUT2D eigenvalue weighted by atomic mass is 10.5. The molecule has 0 saturated heterocycles. The first-order valence-electron chi connectivity index (χ1n) is 4.37. The van der Waals surface area contributed by atoms with Crippen LogP contribution in [0.5, 0.6) is 0 Å². The zero-order valence-corrected chi connectivity index (χ0v) is 7.80. The molecule has 2 heterocycles. The first kappa shape index (κ1) is 8.67. The molecule has 0 fully saturated rings. The van der Waals surface area contributed by atoms with E-state index in [1.807, 2.05) is 10.8 Å². The van der Waals surface area contributed by atoms with Crippen LogP contribution in [0.4, 0.5) is 5.95 Å². The summed E-state index contributed by atoms with van der Waals surface area (Å²) in [7, 11) is 0. The topological polar surface area (TPSA) is 84.3 Å². The van der Waals surface area contributed by atoms with Crippen LogP contribution in [0.2, 0.25) is 0 Å². The Labute approximate surface area is 80.5 Å². The van der Waals surface area contributed by atoms with Crippen LogP contribution in [0.3, 0.4) is 0 Å². The molecule has 0 unspecified atom stereocenters. The molecule has 2 N–H and O–H groups in total. The number of rotatable bonds is 4. The highest BCUT2D eigenvalue weighted by molar-refractivity contribution is 5.19. The number of hydrogen-bond acceptors (Lipinski definition) is 5. The minimum Gasteiger partial charge on any atom is -0.344 e. The fraction of sp³-hybridized carbons (Fsp3) is 0.429. The number of anilines is 1. The van der Waals surface area contributed by atoms with Gasteiger partial charge in [-0.3, -0.25) is 0 Å². The Bertz CT molecular complexity index is 376. The second kappa shape index (κ2) is 3.86. The monoisotopic (exact) mass is 193 g/mol. The third kappa shape index (κ3) is 1.70. The quantitative estimate of drug-likeness (QED) is 0.715. The van der Waals surface area contributed by atoms with Gasteiger partial charge in [0, 0.05) is 18.9 Å². The SMILES string of the molecule is CCn1ccnc1CNc1nn[nH]n1. The molecule has 0 aliphatic rings. The van der Waals surface area contributed by atoms with E-state index >= 15 is 0 Å². The zero-order valence-electron chi connectivity index (χ0n) is 7.80. The van der Waals surface area contributed by atoms with Gasteiger partial charge in [0.1, 0.15) is 5.82 Å². The second-order valence-corrected chi connectivity index (χ2v) is 2.72. The van der Waals surface area contributed by atoms with Gasteiger partial charge < -0.3 is 9.88 Å². The molecule has 2 rings (SSSR count). The van der Waals surface area contributed by atoms with Crippen molar-refractivity contribution >= 4 is 5.95 Å². The van der Waals surface area contributed by atoms with Gasteiger partial charge in [0.2, 0.25) is 0 Å². The number of nitrogens with one attached hydrogen (secondary N) is 2. The number of imidazole rings is 1. The van der Waals surface area contributed by atoms with E-state index in [0.717, 1.165) is 12.4 Å². The van der Waals surface area contributed by atoms with Crippen molar-refractivity contribution < 1.29 is 0 Å². The molecule has 14 heavy (non-hydrogen) atoms. The van der Waals surface area contributed by atoms with Gasteiger partial charge >= 0.3 is 0 Å². The number of aromatic amines is 1. The van der Waals surface area contributed by atoms with Crippen LogP contribution >= 0.6 is 0 Å². The Morgan fingerprint density at radius 1 is 1.57 bits per heavy atom. The summed E-state index contributed by atoms with van der Waals surface area (Å²) in [5.74, 6) is 1.44. The van der Waals surface area contributed by atoms with E-state index in [-0.39, 0.29) is 0 Å². The average molecular weight is 193 g/mol. The van der Waals surface area contributed by atoms with E-state index in [1.54, 1.807) is 6.20 Å². The minimum atomic E-state index is 0.482. The van der Waals surface area contributed by atoms with Crippen LogP contribution in [0.25, 0.3) is 0 Å². The third-order valence-electron chi connectivity index (χ3n) is 1.89. The van der Waals surface area contributed by atoms with E-state index in [4.69, 9.17) is 0 Å². The number of aryl methyl sites for hydroxylation is 1. The van der Waals surface area contributed by atoms with Crippen molar-refractivity contribution in [2.45, 2.75) is 20.0 Å². The maximum Gasteiger partial charge on any atom is 0.263 e. The number of aromatic nitrogens is 6. The molecular formula is C7H11N7. The Morgan fingerprint density at radius 2 is 2.50 bits per heavy atom. The number of tetrazole rings is 1. The predicted molar refractivity (Wildman–Crippen MR) is 49.4 cm³/mol. The molecule has 0 aliphatic carbocycles. The fourth-order valence-electron chi connectivity index (χ4n) is 1.19. The van der Waals surface area contributed by atoms with Gasteiger partial charge in [-0.15, -0.1) is 5.10 Å². The summed E-state index contributed by atoms with van der Waals surface area (Å²) >= 11 is 0. The Hall–Kier alpha value is -1.92. The first-order chi connectivity index (χ1) is 6.90. The Kier molecular flexibility index (Phi) is 2.39. The van der Waals surface area contributed by atoms with Crippen molar-refractivity contribution in [2.24, 2.45) is 0 Å². The summed E-state index contributed by atoms with van der Waals surface area (Å²) in [4.78, 5) is 4.20. The smallest absolute Gasteiger partial charge is 0.263 e. The first-order valence-corrected chi connectivity index (χ1v) is 4.37. The van der Waals surface area contributed by atoms with Gasteiger partial charge in [-0.05, 0) is 12.1 Å². The average Bonchev–Trinajstić information content (AvgIpc) is 2.85. The highest BCUT2D eigenvalue weighted by atomic mass is 15.5. The van der Waals surface area contributed by atoms with E-state index < -0.39 is 0 Å². The molecule has 0 atom stereocenters. The van der Waals surface area contributed by atoms with Crippen molar-refractivity contribution in [3.8, 4) is 0 Å². The molecule has 0 bridgehead atoms. The van der Waals surface area contributed by atoms with E-state index in [1.165, 1.54) is 0 Å². The Balaban J connectivity index is 1.98. The second-order valence-electron chi connectivity index (χ2n) is 2.72. The van der Waals surface area contributed by atoms with Gasteiger partial charge in [-0.1, -0.05) is 5.10 Å². The van der Waals surface area contributed by atoms with Crippen molar-refractivity contribution in [1.82, 2.24) is 30.2 Å². The summed E-state index contributed by atoms with van der Waals surface area (Å²) < 4.78 is 2.05. The highest BCUT2D eigenvalue weighted by Crippen LogP contribution is 2.00. The standard InChI is InChI=1S/C7H11N7/c1-2-14-4-3-8-6(14)5-9-7-10-12-13-11-7/h3-4H,2,5H2,1H3,(H2,9,10,11,12,13). The van der Waals surface area contributed by atoms with Crippen LogP contribution in [0, 0.1) is 0 Å². The van der Waals surface area contributed by atoms with Gasteiger partial charge in [-0.2, -0.15) is 5.21 Å². The molecule has 2 aromatic rings. The van der Waals surface area contributed by atoms with E-state index in [9.17, 15) is 0 Å². The molecule has 0 aromatic carbocycles.